The summed E-state index contributed by atoms with van der Waals surface area (Å²) in [4.78, 5) is 24.1. The Morgan fingerprint density at radius 1 is 1.44 bits per heavy atom. The van der Waals surface area contributed by atoms with E-state index in [4.69, 9.17) is 5.11 Å². The van der Waals surface area contributed by atoms with Gasteiger partial charge in [-0.05, 0) is 24.7 Å². The van der Waals surface area contributed by atoms with Crippen molar-refractivity contribution in [3.8, 4) is 0 Å². The number of β-amino-alcohol motifs (C(OH)–C–C–N with tert-alkyl or cyclic N) is 1. The Morgan fingerprint density at radius 3 is 2.67 bits per heavy atom. The Balaban J connectivity index is 1.84. The van der Waals surface area contributed by atoms with Crippen LogP contribution in [-0.2, 0) is 4.79 Å². The van der Waals surface area contributed by atoms with E-state index >= 15 is 0 Å². The van der Waals surface area contributed by atoms with Gasteiger partial charge in [0.15, 0.2) is 0 Å². The molecule has 3 N–H and O–H groups in total. The molecular weight excluding hydrogens is 236 g/mol. The Labute approximate surface area is 106 Å². The molecule has 1 heterocycles. The second-order valence-electron chi connectivity index (χ2n) is 5.40. The van der Waals surface area contributed by atoms with Gasteiger partial charge in [0.25, 0.3) is 0 Å². The number of hydrogen-bond acceptors (Lipinski definition) is 3. The molecule has 0 bridgehead atoms. The van der Waals surface area contributed by atoms with E-state index in [0.717, 1.165) is 0 Å². The molecule has 0 aromatic heterocycles. The Hall–Kier alpha value is -1.30. The molecule has 102 valence electrons. The molecule has 1 saturated heterocycles. The van der Waals surface area contributed by atoms with E-state index in [9.17, 15) is 14.7 Å². The zero-order chi connectivity index (χ0) is 13.3. The molecule has 1 aliphatic heterocycles. The van der Waals surface area contributed by atoms with E-state index in [2.05, 4.69) is 12.2 Å². The molecular formula is C12H20N2O4. The van der Waals surface area contributed by atoms with Gasteiger partial charge in [0.05, 0.1) is 6.10 Å². The molecule has 0 aromatic carbocycles. The number of aliphatic hydroxyl groups excluding tert-OH is 1. The number of carbonyl (C=O) groups excluding carboxylic acids is 1. The monoisotopic (exact) mass is 256 g/mol. The van der Waals surface area contributed by atoms with Crippen LogP contribution in [0.4, 0.5) is 4.79 Å². The van der Waals surface area contributed by atoms with Gasteiger partial charge in [0.1, 0.15) is 6.04 Å². The zero-order valence-corrected chi connectivity index (χ0v) is 10.5. The zero-order valence-electron chi connectivity index (χ0n) is 10.5. The average molecular weight is 256 g/mol. The highest BCUT2D eigenvalue weighted by Crippen LogP contribution is 2.36. The molecule has 1 aliphatic carbocycles. The van der Waals surface area contributed by atoms with Crippen LogP contribution in [0.5, 0.6) is 0 Å². The Kier molecular flexibility index (Phi) is 3.75. The number of rotatable bonds is 4. The molecule has 6 nitrogen and oxygen atoms in total. The summed E-state index contributed by atoms with van der Waals surface area (Å²) in [5, 5.41) is 21.2. The van der Waals surface area contributed by atoms with Crippen molar-refractivity contribution in [3.63, 3.8) is 0 Å². The third kappa shape index (κ3) is 2.93. The van der Waals surface area contributed by atoms with Gasteiger partial charge in [-0.15, -0.1) is 0 Å². The van der Waals surface area contributed by atoms with E-state index in [0.29, 0.717) is 18.4 Å². The van der Waals surface area contributed by atoms with Crippen LogP contribution in [0.2, 0.25) is 0 Å². The summed E-state index contributed by atoms with van der Waals surface area (Å²) in [5.74, 6) is 0.0754. The van der Waals surface area contributed by atoms with Gasteiger partial charge < -0.3 is 20.4 Å². The van der Waals surface area contributed by atoms with Gasteiger partial charge in [-0.25, -0.2) is 9.59 Å². The molecule has 2 aliphatic rings. The number of nitrogens with one attached hydrogen (secondary N) is 1. The van der Waals surface area contributed by atoms with Crippen LogP contribution in [0.15, 0.2) is 0 Å². The number of aliphatic hydroxyl groups is 1. The van der Waals surface area contributed by atoms with E-state index < -0.39 is 18.1 Å². The lowest BCUT2D eigenvalue weighted by atomic mass is 10.1. The van der Waals surface area contributed by atoms with Crippen LogP contribution >= 0.6 is 0 Å². The van der Waals surface area contributed by atoms with Crippen molar-refractivity contribution < 1.29 is 19.8 Å². The topological polar surface area (TPSA) is 89.9 Å². The molecule has 0 aromatic rings. The number of aliphatic carboxylic acids is 1. The number of amides is 2. The van der Waals surface area contributed by atoms with E-state index in [-0.39, 0.29) is 19.0 Å². The van der Waals surface area contributed by atoms with E-state index in [1.54, 1.807) is 0 Å². The first-order valence-electron chi connectivity index (χ1n) is 6.44. The van der Waals surface area contributed by atoms with Crippen molar-refractivity contribution in [1.82, 2.24) is 10.2 Å². The summed E-state index contributed by atoms with van der Waals surface area (Å²) in [6.45, 7) is 2.76. The fourth-order valence-corrected chi connectivity index (χ4v) is 2.45. The van der Waals surface area contributed by atoms with Gasteiger partial charge in [-0.2, -0.15) is 0 Å². The van der Waals surface area contributed by atoms with Crippen molar-refractivity contribution in [1.29, 1.82) is 0 Å². The number of carbonyl (C=O) groups is 2. The molecule has 2 rings (SSSR count). The van der Waals surface area contributed by atoms with E-state index in [1.165, 1.54) is 17.7 Å². The highest BCUT2D eigenvalue weighted by atomic mass is 16.4. The first kappa shape index (κ1) is 13.1. The van der Waals surface area contributed by atoms with Crippen molar-refractivity contribution in [3.05, 3.63) is 0 Å². The third-order valence-corrected chi connectivity index (χ3v) is 3.83. The molecule has 2 fully saturated rings. The summed E-state index contributed by atoms with van der Waals surface area (Å²) < 4.78 is 0. The van der Waals surface area contributed by atoms with Crippen LogP contribution in [0.3, 0.4) is 0 Å². The number of likely N-dealkylation sites (tertiary alicyclic amines) is 1. The number of carboxylic acids is 1. The van der Waals surface area contributed by atoms with Gasteiger partial charge in [0, 0.05) is 19.5 Å². The normalized spacial score (nSPS) is 29.1. The lowest BCUT2D eigenvalue weighted by molar-refractivity contribution is -0.141. The lowest BCUT2D eigenvalue weighted by Gasteiger charge is -2.22. The molecule has 6 heteroatoms. The molecule has 3 atom stereocenters. The van der Waals surface area contributed by atoms with Gasteiger partial charge in [-0.1, -0.05) is 6.92 Å². The summed E-state index contributed by atoms with van der Waals surface area (Å²) in [7, 11) is 0. The van der Waals surface area contributed by atoms with Crippen molar-refractivity contribution in [2.24, 2.45) is 11.8 Å². The van der Waals surface area contributed by atoms with E-state index in [1.807, 2.05) is 0 Å². The standard InChI is InChI=1S/C12H20N2O4/c1-7(8-2-3-8)5-13-12(18)14-6-9(15)4-10(14)11(16)17/h7-10,15H,2-6H2,1H3,(H,13,18)(H,16,17)/t7?,9-,10-/m0/s1. The highest BCUT2D eigenvalue weighted by Gasteiger charge is 2.39. The predicted molar refractivity (Wildman–Crippen MR) is 64.0 cm³/mol. The maximum atomic E-state index is 11.9. The average Bonchev–Trinajstić information content (AvgIpc) is 3.08. The largest absolute Gasteiger partial charge is 0.480 e. The quantitative estimate of drug-likeness (QED) is 0.673. The fourth-order valence-electron chi connectivity index (χ4n) is 2.45. The summed E-state index contributed by atoms with van der Waals surface area (Å²) in [6.07, 6.45) is 1.81. The van der Waals surface area contributed by atoms with Crippen LogP contribution in [0, 0.1) is 11.8 Å². The van der Waals surface area contributed by atoms with Crippen LogP contribution < -0.4 is 5.32 Å². The Morgan fingerprint density at radius 2 is 2.11 bits per heavy atom. The van der Waals surface area contributed by atoms with Gasteiger partial charge in [0.2, 0.25) is 0 Å². The molecule has 1 unspecified atom stereocenters. The van der Waals surface area contributed by atoms with Gasteiger partial charge >= 0.3 is 12.0 Å². The minimum atomic E-state index is -1.06. The summed E-state index contributed by atoms with van der Waals surface area (Å²) >= 11 is 0. The maximum absolute atomic E-state index is 11.9. The fraction of sp³-hybridized carbons (Fsp3) is 0.833. The number of urea groups is 1. The SMILES string of the molecule is CC(CNC(=O)N1C[C@@H](O)C[C@H]1C(=O)O)C1CC1. The second kappa shape index (κ2) is 5.14. The van der Waals surface area contributed by atoms with Crippen molar-refractivity contribution in [2.75, 3.05) is 13.1 Å². The lowest BCUT2D eigenvalue weighted by Crippen LogP contribution is -2.47. The first-order chi connectivity index (χ1) is 8.49. The van der Waals surface area contributed by atoms with Gasteiger partial charge in [-0.3, -0.25) is 0 Å². The molecule has 0 spiro atoms. The second-order valence-corrected chi connectivity index (χ2v) is 5.40. The minimum Gasteiger partial charge on any atom is -0.480 e. The molecule has 0 radical (unpaired) electrons. The summed E-state index contributed by atoms with van der Waals surface area (Å²) in [5.41, 5.74) is 0. The molecule has 2 amide bonds. The smallest absolute Gasteiger partial charge is 0.326 e. The number of nitrogens with zero attached hydrogens (tertiary/aromatic N) is 1. The van der Waals surface area contributed by atoms with Crippen molar-refractivity contribution in [2.45, 2.75) is 38.3 Å². The Bertz CT molecular complexity index is 343. The summed E-state index contributed by atoms with van der Waals surface area (Å²) in [6, 6.07) is -1.29. The molecule has 1 saturated carbocycles. The highest BCUT2D eigenvalue weighted by molar-refractivity contribution is 5.83. The first-order valence-corrected chi connectivity index (χ1v) is 6.44. The number of carboxylic acid groups (broad SMARTS) is 1. The maximum Gasteiger partial charge on any atom is 0.326 e. The van der Waals surface area contributed by atoms with Crippen LogP contribution in [0.1, 0.15) is 26.2 Å². The van der Waals surface area contributed by atoms with Crippen molar-refractivity contribution >= 4 is 12.0 Å². The van der Waals surface area contributed by atoms with Crippen LogP contribution in [-0.4, -0.2) is 52.3 Å². The molecule has 18 heavy (non-hydrogen) atoms. The minimum absolute atomic E-state index is 0.0978. The third-order valence-electron chi connectivity index (χ3n) is 3.83. The predicted octanol–water partition coefficient (Wildman–Crippen LogP) is 0.262. The number of hydrogen-bond donors (Lipinski definition) is 3. The van der Waals surface area contributed by atoms with Crippen LogP contribution in [0.25, 0.3) is 0 Å².